The Morgan fingerprint density at radius 3 is 2.81 bits per heavy atom. The SMILES string of the molecule is CCOC(=O)CC(C)N1CCCC1C(N)=O. The van der Waals surface area contributed by atoms with Crippen molar-refractivity contribution in [1.82, 2.24) is 4.90 Å². The maximum absolute atomic E-state index is 11.3. The zero-order chi connectivity index (χ0) is 12.1. The lowest BCUT2D eigenvalue weighted by atomic mass is 10.1. The summed E-state index contributed by atoms with van der Waals surface area (Å²) in [5, 5.41) is 0. The lowest BCUT2D eigenvalue weighted by molar-refractivity contribution is -0.145. The van der Waals surface area contributed by atoms with Crippen molar-refractivity contribution in [2.75, 3.05) is 13.2 Å². The van der Waals surface area contributed by atoms with Crippen LogP contribution in [0.1, 0.15) is 33.1 Å². The maximum Gasteiger partial charge on any atom is 0.307 e. The van der Waals surface area contributed by atoms with Gasteiger partial charge in [-0.05, 0) is 33.2 Å². The highest BCUT2D eigenvalue weighted by Crippen LogP contribution is 2.21. The molecule has 0 aromatic carbocycles. The number of nitrogens with two attached hydrogens (primary N) is 1. The van der Waals surface area contributed by atoms with Gasteiger partial charge in [-0.25, -0.2) is 0 Å². The summed E-state index contributed by atoms with van der Waals surface area (Å²) in [5.74, 6) is -0.515. The summed E-state index contributed by atoms with van der Waals surface area (Å²) in [6.45, 7) is 4.93. The van der Waals surface area contributed by atoms with Gasteiger partial charge in [-0.1, -0.05) is 0 Å². The fourth-order valence-corrected chi connectivity index (χ4v) is 2.20. The highest BCUT2D eigenvalue weighted by molar-refractivity contribution is 5.80. The molecule has 0 radical (unpaired) electrons. The molecule has 1 fully saturated rings. The van der Waals surface area contributed by atoms with Crippen molar-refractivity contribution in [3.05, 3.63) is 0 Å². The number of amides is 1. The summed E-state index contributed by atoms with van der Waals surface area (Å²) < 4.78 is 4.89. The summed E-state index contributed by atoms with van der Waals surface area (Å²) in [5.41, 5.74) is 5.32. The van der Waals surface area contributed by atoms with E-state index in [0.29, 0.717) is 13.0 Å². The zero-order valence-electron chi connectivity index (χ0n) is 9.94. The number of hydrogen-bond acceptors (Lipinski definition) is 4. The van der Waals surface area contributed by atoms with Gasteiger partial charge < -0.3 is 10.5 Å². The normalized spacial score (nSPS) is 23.0. The van der Waals surface area contributed by atoms with E-state index >= 15 is 0 Å². The average Bonchev–Trinajstić information content (AvgIpc) is 2.65. The number of primary amides is 1. The number of hydrogen-bond donors (Lipinski definition) is 1. The predicted molar refractivity (Wildman–Crippen MR) is 59.6 cm³/mol. The van der Waals surface area contributed by atoms with Gasteiger partial charge in [-0.15, -0.1) is 0 Å². The molecule has 1 heterocycles. The zero-order valence-corrected chi connectivity index (χ0v) is 9.94. The van der Waals surface area contributed by atoms with Gasteiger partial charge in [-0.3, -0.25) is 14.5 Å². The Balaban J connectivity index is 2.49. The smallest absolute Gasteiger partial charge is 0.307 e. The first kappa shape index (κ1) is 13.0. The van der Waals surface area contributed by atoms with E-state index < -0.39 is 0 Å². The fraction of sp³-hybridized carbons (Fsp3) is 0.818. The van der Waals surface area contributed by atoms with Crippen LogP contribution in [0.25, 0.3) is 0 Å². The number of nitrogens with zero attached hydrogens (tertiary/aromatic N) is 1. The molecule has 0 bridgehead atoms. The number of rotatable bonds is 5. The van der Waals surface area contributed by atoms with Crippen LogP contribution in [0, 0.1) is 0 Å². The van der Waals surface area contributed by atoms with E-state index in [2.05, 4.69) is 0 Å². The quantitative estimate of drug-likeness (QED) is 0.686. The standard InChI is InChI=1S/C11H20N2O3/c1-3-16-10(14)7-8(2)13-6-4-5-9(13)11(12)15/h8-9H,3-7H2,1-2H3,(H2,12,15). The van der Waals surface area contributed by atoms with E-state index in [0.717, 1.165) is 19.4 Å². The van der Waals surface area contributed by atoms with Gasteiger partial charge in [-0.2, -0.15) is 0 Å². The van der Waals surface area contributed by atoms with E-state index in [1.54, 1.807) is 6.92 Å². The molecule has 0 aliphatic carbocycles. The maximum atomic E-state index is 11.3. The van der Waals surface area contributed by atoms with E-state index in [9.17, 15) is 9.59 Å². The predicted octanol–water partition coefficient (Wildman–Crippen LogP) is 0.278. The molecule has 0 aromatic heterocycles. The van der Waals surface area contributed by atoms with Crippen molar-refractivity contribution >= 4 is 11.9 Å². The van der Waals surface area contributed by atoms with Crippen LogP contribution in [-0.2, 0) is 14.3 Å². The highest BCUT2D eigenvalue weighted by atomic mass is 16.5. The number of carbonyl (C=O) groups is 2. The molecular formula is C11H20N2O3. The first-order valence-electron chi connectivity index (χ1n) is 5.77. The summed E-state index contributed by atoms with van der Waals surface area (Å²) in [6.07, 6.45) is 2.07. The number of likely N-dealkylation sites (tertiary alicyclic amines) is 1. The third-order valence-electron chi connectivity index (χ3n) is 2.96. The van der Waals surface area contributed by atoms with Crippen molar-refractivity contribution in [2.45, 2.75) is 45.2 Å². The molecule has 1 aliphatic heterocycles. The Labute approximate surface area is 95.9 Å². The first-order chi connectivity index (χ1) is 7.56. The molecule has 16 heavy (non-hydrogen) atoms. The van der Waals surface area contributed by atoms with Crippen LogP contribution in [0.2, 0.25) is 0 Å². The molecule has 2 unspecified atom stereocenters. The van der Waals surface area contributed by atoms with Crippen molar-refractivity contribution in [1.29, 1.82) is 0 Å². The van der Waals surface area contributed by atoms with E-state index in [1.807, 2.05) is 11.8 Å². The minimum atomic E-state index is -0.298. The van der Waals surface area contributed by atoms with Crippen LogP contribution in [-0.4, -0.2) is 42.0 Å². The number of carbonyl (C=O) groups excluding carboxylic acids is 2. The van der Waals surface area contributed by atoms with Crippen LogP contribution >= 0.6 is 0 Å². The minimum absolute atomic E-state index is 0.0130. The first-order valence-corrected chi connectivity index (χ1v) is 5.77. The van der Waals surface area contributed by atoms with Crippen molar-refractivity contribution in [3.63, 3.8) is 0 Å². The van der Waals surface area contributed by atoms with Gasteiger partial charge in [0, 0.05) is 6.04 Å². The molecule has 1 amide bonds. The topological polar surface area (TPSA) is 72.6 Å². The molecule has 1 rings (SSSR count). The number of esters is 1. The van der Waals surface area contributed by atoms with Gasteiger partial charge in [0.25, 0.3) is 0 Å². The largest absolute Gasteiger partial charge is 0.466 e. The highest BCUT2D eigenvalue weighted by Gasteiger charge is 2.33. The van der Waals surface area contributed by atoms with Gasteiger partial charge in [0.05, 0.1) is 19.1 Å². The van der Waals surface area contributed by atoms with Gasteiger partial charge in [0.2, 0.25) is 5.91 Å². The van der Waals surface area contributed by atoms with Gasteiger partial charge in [0.15, 0.2) is 0 Å². The van der Waals surface area contributed by atoms with Crippen LogP contribution in [0.5, 0.6) is 0 Å². The Bertz CT molecular complexity index is 268. The third kappa shape index (κ3) is 3.20. The molecule has 92 valence electrons. The second kappa shape index (κ2) is 5.84. The van der Waals surface area contributed by atoms with Crippen LogP contribution in [0.3, 0.4) is 0 Å². The monoisotopic (exact) mass is 228 g/mol. The Morgan fingerprint density at radius 1 is 1.56 bits per heavy atom. The second-order valence-corrected chi connectivity index (χ2v) is 4.16. The third-order valence-corrected chi connectivity index (χ3v) is 2.96. The Morgan fingerprint density at radius 2 is 2.25 bits per heavy atom. The molecular weight excluding hydrogens is 208 g/mol. The van der Waals surface area contributed by atoms with E-state index in [-0.39, 0.29) is 24.0 Å². The van der Waals surface area contributed by atoms with Crippen molar-refractivity contribution in [2.24, 2.45) is 5.73 Å². The van der Waals surface area contributed by atoms with Crippen LogP contribution in [0.4, 0.5) is 0 Å². The van der Waals surface area contributed by atoms with Crippen molar-refractivity contribution in [3.8, 4) is 0 Å². The molecule has 5 heteroatoms. The summed E-state index contributed by atoms with van der Waals surface area (Å²) in [4.78, 5) is 24.5. The van der Waals surface area contributed by atoms with E-state index in [1.165, 1.54) is 0 Å². The summed E-state index contributed by atoms with van der Waals surface area (Å²) in [7, 11) is 0. The van der Waals surface area contributed by atoms with Crippen LogP contribution < -0.4 is 5.73 Å². The molecule has 0 aromatic rings. The van der Waals surface area contributed by atoms with E-state index in [4.69, 9.17) is 10.5 Å². The summed E-state index contributed by atoms with van der Waals surface area (Å²) >= 11 is 0. The van der Waals surface area contributed by atoms with Gasteiger partial charge >= 0.3 is 5.97 Å². The molecule has 5 nitrogen and oxygen atoms in total. The number of ether oxygens (including phenoxy) is 1. The molecule has 2 N–H and O–H groups in total. The minimum Gasteiger partial charge on any atom is -0.466 e. The Kier molecular flexibility index (Phi) is 4.73. The molecule has 2 atom stereocenters. The van der Waals surface area contributed by atoms with Crippen molar-refractivity contribution < 1.29 is 14.3 Å². The second-order valence-electron chi connectivity index (χ2n) is 4.16. The average molecular weight is 228 g/mol. The molecule has 1 saturated heterocycles. The summed E-state index contributed by atoms with van der Waals surface area (Å²) in [6, 6.07) is -0.205. The Hall–Kier alpha value is -1.10. The van der Waals surface area contributed by atoms with Crippen LogP contribution in [0.15, 0.2) is 0 Å². The molecule has 1 aliphatic rings. The lowest BCUT2D eigenvalue weighted by Gasteiger charge is -2.28. The molecule has 0 saturated carbocycles. The van der Waals surface area contributed by atoms with Gasteiger partial charge in [0.1, 0.15) is 0 Å². The fourth-order valence-electron chi connectivity index (χ4n) is 2.20. The lowest BCUT2D eigenvalue weighted by Crippen LogP contribution is -2.45. The molecule has 0 spiro atoms.